The van der Waals surface area contributed by atoms with E-state index >= 15 is 0 Å². The molecule has 1 rings (SSSR count). The molecular formula is C7H7N3O4. The number of pyridine rings is 1. The monoisotopic (exact) mass is 197 g/mol. The smallest absolute Gasteiger partial charge is 0.339 e. The number of nitro groups is 1. The highest BCUT2D eigenvalue weighted by Crippen LogP contribution is 2.23. The van der Waals surface area contributed by atoms with Gasteiger partial charge in [0.05, 0.1) is 4.92 Å². The van der Waals surface area contributed by atoms with E-state index in [1.165, 1.54) is 6.92 Å². The molecule has 0 aliphatic heterocycles. The van der Waals surface area contributed by atoms with Gasteiger partial charge in [-0.25, -0.2) is 9.78 Å². The zero-order valence-corrected chi connectivity index (χ0v) is 7.22. The summed E-state index contributed by atoms with van der Waals surface area (Å²) in [6.45, 7) is 1.32. The number of nitrogens with two attached hydrogens (primary N) is 1. The summed E-state index contributed by atoms with van der Waals surface area (Å²) in [5.41, 5.74) is 4.62. The van der Waals surface area contributed by atoms with E-state index in [9.17, 15) is 14.9 Å². The van der Waals surface area contributed by atoms with Crippen LogP contribution in [0.2, 0.25) is 0 Å². The Hall–Kier alpha value is -2.18. The zero-order valence-electron chi connectivity index (χ0n) is 7.22. The standard InChI is InChI=1S/C7H7N3O4/c1-3-4(10(13)14)2-9-6(8)5(3)7(11)12/h2H,1H3,(H2,8,9)(H,11,12). The molecule has 0 atom stereocenters. The molecule has 0 bridgehead atoms. The first kappa shape index (κ1) is 9.90. The van der Waals surface area contributed by atoms with Crippen molar-refractivity contribution in [2.24, 2.45) is 0 Å². The van der Waals surface area contributed by atoms with Crippen molar-refractivity contribution in [3.63, 3.8) is 0 Å². The maximum atomic E-state index is 10.7. The number of anilines is 1. The van der Waals surface area contributed by atoms with Crippen molar-refractivity contribution < 1.29 is 14.8 Å². The zero-order chi connectivity index (χ0) is 10.9. The fourth-order valence-corrected chi connectivity index (χ4v) is 1.07. The summed E-state index contributed by atoms with van der Waals surface area (Å²) in [6, 6.07) is 0. The molecule has 1 aromatic rings. The summed E-state index contributed by atoms with van der Waals surface area (Å²) in [5.74, 6) is -1.54. The molecule has 14 heavy (non-hydrogen) atoms. The third-order valence-electron chi connectivity index (χ3n) is 1.75. The molecule has 0 saturated carbocycles. The maximum absolute atomic E-state index is 10.7. The number of rotatable bonds is 2. The van der Waals surface area contributed by atoms with E-state index < -0.39 is 10.9 Å². The Bertz CT molecular complexity index is 416. The molecule has 74 valence electrons. The number of hydrogen-bond donors (Lipinski definition) is 2. The van der Waals surface area contributed by atoms with Gasteiger partial charge in [0.2, 0.25) is 0 Å². The summed E-state index contributed by atoms with van der Waals surface area (Å²) in [7, 11) is 0. The Balaban J connectivity index is 3.49. The van der Waals surface area contributed by atoms with E-state index in [1.54, 1.807) is 0 Å². The molecule has 0 saturated heterocycles. The van der Waals surface area contributed by atoms with Gasteiger partial charge in [0.1, 0.15) is 17.6 Å². The number of carboxylic acid groups (broad SMARTS) is 1. The van der Waals surface area contributed by atoms with Gasteiger partial charge in [-0.15, -0.1) is 0 Å². The van der Waals surface area contributed by atoms with Crippen molar-refractivity contribution in [2.75, 3.05) is 5.73 Å². The Morgan fingerprint density at radius 1 is 1.71 bits per heavy atom. The minimum absolute atomic E-state index is 0.00926. The van der Waals surface area contributed by atoms with Gasteiger partial charge >= 0.3 is 5.97 Å². The lowest BCUT2D eigenvalue weighted by atomic mass is 10.1. The van der Waals surface area contributed by atoms with Crippen LogP contribution in [0.4, 0.5) is 11.5 Å². The molecule has 1 aromatic heterocycles. The first-order chi connectivity index (χ1) is 6.45. The Labute approximate surface area is 78.3 Å². The van der Waals surface area contributed by atoms with Crippen molar-refractivity contribution in [2.45, 2.75) is 6.92 Å². The second-order valence-electron chi connectivity index (χ2n) is 2.59. The highest BCUT2D eigenvalue weighted by molar-refractivity contribution is 5.95. The number of aromatic nitrogens is 1. The fourth-order valence-electron chi connectivity index (χ4n) is 1.07. The van der Waals surface area contributed by atoms with Crippen LogP contribution in [0.25, 0.3) is 0 Å². The second kappa shape index (κ2) is 3.29. The third kappa shape index (κ3) is 1.47. The number of nitrogen functional groups attached to an aromatic ring is 1. The molecule has 3 N–H and O–H groups in total. The van der Waals surface area contributed by atoms with Crippen LogP contribution in [0.3, 0.4) is 0 Å². The summed E-state index contributed by atoms with van der Waals surface area (Å²) in [4.78, 5) is 23.9. The van der Waals surface area contributed by atoms with Crippen LogP contribution >= 0.6 is 0 Å². The summed E-state index contributed by atoms with van der Waals surface area (Å²) >= 11 is 0. The Morgan fingerprint density at radius 2 is 2.29 bits per heavy atom. The number of hydrogen-bond acceptors (Lipinski definition) is 5. The molecule has 0 fully saturated rings. The van der Waals surface area contributed by atoms with Crippen LogP contribution in [0, 0.1) is 17.0 Å². The molecule has 7 heteroatoms. The predicted octanol–water partition coefficient (Wildman–Crippen LogP) is 0.579. The third-order valence-corrected chi connectivity index (χ3v) is 1.75. The molecular weight excluding hydrogens is 190 g/mol. The second-order valence-corrected chi connectivity index (χ2v) is 2.59. The molecule has 7 nitrogen and oxygen atoms in total. The van der Waals surface area contributed by atoms with Gasteiger partial charge in [-0.2, -0.15) is 0 Å². The van der Waals surface area contributed by atoms with Crippen molar-refractivity contribution in [3.05, 3.63) is 27.4 Å². The van der Waals surface area contributed by atoms with Crippen molar-refractivity contribution in [1.29, 1.82) is 0 Å². The van der Waals surface area contributed by atoms with E-state index in [1.807, 2.05) is 0 Å². The van der Waals surface area contributed by atoms with Gasteiger partial charge in [0, 0.05) is 5.56 Å². The first-order valence-electron chi connectivity index (χ1n) is 3.58. The molecule has 0 aliphatic rings. The van der Waals surface area contributed by atoms with Crippen LogP contribution in [0.15, 0.2) is 6.20 Å². The van der Waals surface area contributed by atoms with Crippen LogP contribution in [-0.2, 0) is 0 Å². The lowest BCUT2D eigenvalue weighted by molar-refractivity contribution is -0.385. The van der Waals surface area contributed by atoms with Gasteiger partial charge in [-0.3, -0.25) is 10.1 Å². The number of aromatic carboxylic acids is 1. The summed E-state index contributed by atoms with van der Waals surface area (Å²) in [5, 5.41) is 19.1. The van der Waals surface area contributed by atoms with E-state index in [0.717, 1.165) is 6.20 Å². The van der Waals surface area contributed by atoms with E-state index in [0.29, 0.717) is 0 Å². The molecule has 0 aromatic carbocycles. The van der Waals surface area contributed by atoms with Crippen LogP contribution < -0.4 is 5.73 Å². The topological polar surface area (TPSA) is 119 Å². The van der Waals surface area contributed by atoms with E-state index in [2.05, 4.69) is 4.98 Å². The van der Waals surface area contributed by atoms with Gasteiger partial charge in [0.25, 0.3) is 5.69 Å². The Morgan fingerprint density at radius 3 is 2.71 bits per heavy atom. The van der Waals surface area contributed by atoms with Crippen LogP contribution in [0.1, 0.15) is 15.9 Å². The summed E-state index contributed by atoms with van der Waals surface area (Å²) in [6.07, 6.45) is 0.942. The number of carboxylic acids is 1. The van der Waals surface area contributed by atoms with Gasteiger partial charge in [0.15, 0.2) is 0 Å². The van der Waals surface area contributed by atoms with Gasteiger partial charge < -0.3 is 10.8 Å². The SMILES string of the molecule is Cc1c([N+](=O)[O-])cnc(N)c1C(=O)O. The average Bonchev–Trinajstić information content (AvgIpc) is 2.02. The molecule has 0 aliphatic carbocycles. The van der Waals surface area contributed by atoms with Gasteiger partial charge in [-0.1, -0.05) is 0 Å². The number of nitrogens with zero attached hydrogens (tertiary/aromatic N) is 2. The largest absolute Gasteiger partial charge is 0.478 e. The Kier molecular flexibility index (Phi) is 2.32. The predicted molar refractivity (Wildman–Crippen MR) is 47.0 cm³/mol. The maximum Gasteiger partial charge on any atom is 0.339 e. The van der Waals surface area contributed by atoms with E-state index in [-0.39, 0.29) is 22.6 Å². The van der Waals surface area contributed by atoms with Crippen molar-refractivity contribution >= 4 is 17.5 Å². The molecule has 0 radical (unpaired) electrons. The summed E-state index contributed by atoms with van der Waals surface area (Å²) < 4.78 is 0. The molecule has 0 unspecified atom stereocenters. The average molecular weight is 197 g/mol. The molecule has 1 heterocycles. The van der Waals surface area contributed by atoms with Crippen LogP contribution in [-0.4, -0.2) is 21.0 Å². The first-order valence-corrected chi connectivity index (χ1v) is 3.58. The minimum Gasteiger partial charge on any atom is -0.478 e. The quantitative estimate of drug-likeness (QED) is 0.528. The minimum atomic E-state index is -1.32. The van der Waals surface area contributed by atoms with Gasteiger partial charge in [-0.05, 0) is 6.92 Å². The normalized spacial score (nSPS) is 9.79. The fraction of sp³-hybridized carbons (Fsp3) is 0.143. The molecule has 0 amide bonds. The van der Waals surface area contributed by atoms with Crippen LogP contribution in [0.5, 0.6) is 0 Å². The highest BCUT2D eigenvalue weighted by Gasteiger charge is 2.21. The van der Waals surface area contributed by atoms with Crippen molar-refractivity contribution in [1.82, 2.24) is 4.98 Å². The van der Waals surface area contributed by atoms with Crippen molar-refractivity contribution in [3.8, 4) is 0 Å². The number of carbonyl (C=O) groups is 1. The molecule has 0 spiro atoms. The lowest BCUT2D eigenvalue weighted by Crippen LogP contribution is -2.09. The van der Waals surface area contributed by atoms with E-state index in [4.69, 9.17) is 10.8 Å². The lowest BCUT2D eigenvalue weighted by Gasteiger charge is -2.03. The highest BCUT2D eigenvalue weighted by atomic mass is 16.6.